The maximum Gasteiger partial charge on any atom is 0.227 e. The fourth-order valence-electron chi connectivity index (χ4n) is 1.50. The van der Waals surface area contributed by atoms with Gasteiger partial charge in [0.2, 0.25) is 5.91 Å². The Morgan fingerprint density at radius 1 is 1.26 bits per heavy atom. The Bertz CT molecular complexity index is 723. The van der Waals surface area contributed by atoms with Crippen LogP contribution in [0.4, 0.5) is 0 Å². The number of hydrogen-bond donors (Lipinski definition) is 1. The maximum absolute atomic E-state index is 12.2. The lowest BCUT2D eigenvalue weighted by Crippen LogP contribution is -2.12. The number of ketones is 1. The maximum atomic E-state index is 12.2. The first kappa shape index (κ1) is 18.1. The number of rotatable bonds is 8. The average Bonchev–Trinajstić information content (AvgIpc) is 2.98. The van der Waals surface area contributed by atoms with Crippen LogP contribution in [-0.2, 0) is 4.79 Å². The molecular formula is C13H12ClN3O3S3. The SMILES string of the molecule is COc1ccc(C(=O)CSc2nnc(SCC(N)=O)s2)cc1Cl. The molecule has 0 spiro atoms. The molecule has 0 unspecified atom stereocenters. The van der Waals surface area contributed by atoms with Gasteiger partial charge >= 0.3 is 0 Å². The van der Waals surface area contributed by atoms with Gasteiger partial charge in [-0.2, -0.15) is 0 Å². The second-order valence-electron chi connectivity index (χ2n) is 4.15. The van der Waals surface area contributed by atoms with E-state index >= 15 is 0 Å². The molecule has 10 heteroatoms. The molecule has 2 rings (SSSR count). The predicted octanol–water partition coefficient (Wildman–Crippen LogP) is 2.75. The molecular weight excluding hydrogens is 378 g/mol. The minimum atomic E-state index is -0.411. The van der Waals surface area contributed by atoms with Crippen LogP contribution in [0.5, 0.6) is 5.75 Å². The second kappa shape index (κ2) is 8.53. The Hall–Kier alpha value is -1.29. The van der Waals surface area contributed by atoms with Crippen LogP contribution in [-0.4, -0.2) is 40.5 Å². The highest BCUT2D eigenvalue weighted by atomic mass is 35.5. The first-order valence-corrected chi connectivity index (χ1v) is 9.40. The number of hydrogen-bond acceptors (Lipinski definition) is 8. The fourth-order valence-corrected chi connectivity index (χ4v) is 4.41. The normalized spacial score (nSPS) is 10.5. The van der Waals surface area contributed by atoms with E-state index in [-0.39, 0.29) is 17.3 Å². The van der Waals surface area contributed by atoms with Crippen LogP contribution in [0.1, 0.15) is 10.4 Å². The van der Waals surface area contributed by atoms with Gasteiger partial charge in [0.25, 0.3) is 0 Å². The van der Waals surface area contributed by atoms with E-state index in [2.05, 4.69) is 10.2 Å². The largest absolute Gasteiger partial charge is 0.495 e. The number of aromatic nitrogens is 2. The van der Waals surface area contributed by atoms with Gasteiger partial charge in [0.1, 0.15) is 5.75 Å². The number of nitrogens with two attached hydrogens (primary N) is 1. The molecule has 6 nitrogen and oxygen atoms in total. The lowest BCUT2D eigenvalue weighted by molar-refractivity contribution is -0.115. The number of halogens is 1. The molecule has 0 saturated heterocycles. The minimum Gasteiger partial charge on any atom is -0.495 e. The van der Waals surface area contributed by atoms with Crippen molar-refractivity contribution in [2.45, 2.75) is 8.68 Å². The zero-order chi connectivity index (χ0) is 16.8. The van der Waals surface area contributed by atoms with E-state index in [1.807, 2.05) is 0 Å². The predicted molar refractivity (Wildman–Crippen MR) is 92.9 cm³/mol. The Labute approximate surface area is 150 Å². The molecule has 0 aliphatic heterocycles. The smallest absolute Gasteiger partial charge is 0.227 e. The van der Waals surface area contributed by atoms with Crippen LogP contribution in [0.2, 0.25) is 5.02 Å². The summed E-state index contributed by atoms with van der Waals surface area (Å²) in [6.07, 6.45) is 0. The van der Waals surface area contributed by atoms with E-state index in [0.29, 0.717) is 25.0 Å². The van der Waals surface area contributed by atoms with Crippen molar-refractivity contribution in [1.29, 1.82) is 0 Å². The van der Waals surface area contributed by atoms with Gasteiger partial charge in [-0.15, -0.1) is 10.2 Å². The first-order valence-electron chi connectivity index (χ1n) is 6.23. The third-order valence-electron chi connectivity index (χ3n) is 2.53. The zero-order valence-corrected chi connectivity index (χ0v) is 15.2. The molecule has 0 atom stereocenters. The van der Waals surface area contributed by atoms with E-state index in [1.54, 1.807) is 18.2 Å². The Morgan fingerprint density at radius 2 is 1.91 bits per heavy atom. The molecule has 2 N–H and O–H groups in total. The lowest BCUT2D eigenvalue weighted by Gasteiger charge is -2.04. The third-order valence-corrected chi connectivity index (χ3v) is 6.03. The molecule has 0 aliphatic carbocycles. The number of primary amides is 1. The molecule has 1 aromatic carbocycles. The number of nitrogens with zero attached hydrogens (tertiary/aromatic N) is 2. The molecule has 0 saturated carbocycles. The van der Waals surface area contributed by atoms with Gasteiger partial charge in [-0.1, -0.05) is 46.5 Å². The highest BCUT2D eigenvalue weighted by Gasteiger charge is 2.12. The number of carbonyl (C=O) groups excluding carboxylic acids is 2. The third kappa shape index (κ3) is 5.38. The Kier molecular flexibility index (Phi) is 6.70. The van der Waals surface area contributed by atoms with Gasteiger partial charge in [0.15, 0.2) is 14.5 Å². The van der Waals surface area contributed by atoms with Gasteiger partial charge in [0.05, 0.1) is 23.6 Å². The minimum absolute atomic E-state index is 0.0684. The number of ether oxygens (including phenoxy) is 1. The van der Waals surface area contributed by atoms with E-state index in [1.165, 1.54) is 42.0 Å². The summed E-state index contributed by atoms with van der Waals surface area (Å²) in [4.78, 5) is 22.9. The summed E-state index contributed by atoms with van der Waals surface area (Å²) in [7, 11) is 1.52. The van der Waals surface area contributed by atoms with Crippen LogP contribution < -0.4 is 10.5 Å². The van der Waals surface area contributed by atoms with Crippen molar-refractivity contribution in [2.24, 2.45) is 5.73 Å². The number of amides is 1. The summed E-state index contributed by atoms with van der Waals surface area (Å²) in [6, 6.07) is 4.91. The molecule has 122 valence electrons. The van der Waals surface area contributed by atoms with Gasteiger partial charge in [0, 0.05) is 5.56 Å². The molecule has 1 amide bonds. The monoisotopic (exact) mass is 389 g/mol. The highest BCUT2D eigenvalue weighted by molar-refractivity contribution is 8.03. The van der Waals surface area contributed by atoms with Crippen LogP contribution in [0.3, 0.4) is 0 Å². The molecule has 2 aromatic rings. The van der Waals surface area contributed by atoms with Crippen LogP contribution in [0.25, 0.3) is 0 Å². The van der Waals surface area contributed by atoms with Crippen molar-refractivity contribution in [2.75, 3.05) is 18.6 Å². The van der Waals surface area contributed by atoms with Gasteiger partial charge in [-0.3, -0.25) is 9.59 Å². The molecule has 23 heavy (non-hydrogen) atoms. The zero-order valence-electron chi connectivity index (χ0n) is 11.9. The van der Waals surface area contributed by atoms with Crippen molar-refractivity contribution < 1.29 is 14.3 Å². The number of benzene rings is 1. The second-order valence-corrected chi connectivity index (χ2v) is 7.98. The Balaban J connectivity index is 1.91. The Morgan fingerprint density at radius 3 is 2.48 bits per heavy atom. The van der Waals surface area contributed by atoms with Crippen molar-refractivity contribution >= 4 is 58.2 Å². The number of Topliss-reactive ketones (excluding diaryl/α,β-unsaturated/α-hetero) is 1. The summed E-state index contributed by atoms with van der Waals surface area (Å²) in [5.41, 5.74) is 5.58. The summed E-state index contributed by atoms with van der Waals surface area (Å²) < 4.78 is 6.35. The van der Waals surface area contributed by atoms with Crippen molar-refractivity contribution in [1.82, 2.24) is 10.2 Å². The fraction of sp³-hybridized carbons (Fsp3) is 0.231. The molecule has 0 aliphatic rings. The van der Waals surface area contributed by atoms with E-state index in [4.69, 9.17) is 22.1 Å². The van der Waals surface area contributed by atoms with Crippen LogP contribution in [0, 0.1) is 0 Å². The highest BCUT2D eigenvalue weighted by Crippen LogP contribution is 2.30. The quantitative estimate of drug-likeness (QED) is 0.547. The first-order chi connectivity index (χ1) is 11.0. The van der Waals surface area contributed by atoms with Gasteiger partial charge in [-0.25, -0.2) is 0 Å². The molecule has 0 bridgehead atoms. The van der Waals surface area contributed by atoms with Crippen molar-refractivity contribution in [3.8, 4) is 5.75 Å². The topological polar surface area (TPSA) is 95.2 Å². The summed E-state index contributed by atoms with van der Waals surface area (Å²) >= 11 is 9.84. The van der Waals surface area contributed by atoms with E-state index in [0.717, 1.165) is 0 Å². The number of thioether (sulfide) groups is 2. The summed E-state index contributed by atoms with van der Waals surface area (Å²) in [5, 5.41) is 8.29. The average molecular weight is 390 g/mol. The van der Waals surface area contributed by atoms with Gasteiger partial charge < -0.3 is 10.5 Å². The number of methoxy groups -OCH3 is 1. The van der Waals surface area contributed by atoms with Crippen LogP contribution in [0.15, 0.2) is 26.9 Å². The standard InChI is InChI=1S/C13H12ClN3O3S3/c1-20-10-3-2-7(4-8(10)14)9(18)5-21-12-16-17-13(23-12)22-6-11(15)19/h2-4H,5-6H2,1H3,(H2,15,19). The van der Waals surface area contributed by atoms with Crippen molar-refractivity contribution in [3.63, 3.8) is 0 Å². The molecule has 0 radical (unpaired) electrons. The van der Waals surface area contributed by atoms with E-state index < -0.39 is 5.91 Å². The number of carbonyl (C=O) groups is 2. The molecule has 1 aromatic heterocycles. The van der Waals surface area contributed by atoms with Gasteiger partial charge in [-0.05, 0) is 18.2 Å². The molecule has 0 fully saturated rings. The molecule has 1 heterocycles. The van der Waals surface area contributed by atoms with Crippen LogP contribution >= 0.6 is 46.5 Å². The van der Waals surface area contributed by atoms with E-state index in [9.17, 15) is 9.59 Å². The lowest BCUT2D eigenvalue weighted by atomic mass is 10.1. The summed E-state index contributed by atoms with van der Waals surface area (Å²) in [6.45, 7) is 0. The summed E-state index contributed by atoms with van der Waals surface area (Å²) in [5.74, 6) is 0.420. The van der Waals surface area contributed by atoms with Crippen molar-refractivity contribution in [3.05, 3.63) is 28.8 Å².